The van der Waals surface area contributed by atoms with Gasteiger partial charge in [-0.25, -0.2) is 0 Å². The number of carbonyl (C=O) groups is 1. The van der Waals surface area contributed by atoms with E-state index in [1.54, 1.807) is 6.20 Å². The van der Waals surface area contributed by atoms with Crippen LogP contribution in [0.2, 0.25) is 0 Å². The molecule has 2 aromatic rings. The van der Waals surface area contributed by atoms with Crippen molar-refractivity contribution in [2.45, 2.75) is 33.7 Å². The van der Waals surface area contributed by atoms with Crippen LogP contribution < -0.4 is 5.32 Å². The Morgan fingerprint density at radius 2 is 1.38 bits per heavy atom. The lowest BCUT2D eigenvalue weighted by Crippen LogP contribution is -2.32. The highest BCUT2D eigenvalue weighted by Crippen LogP contribution is 2.22. The van der Waals surface area contributed by atoms with Crippen LogP contribution in [-0.4, -0.2) is 23.9 Å². The van der Waals surface area contributed by atoms with Crippen molar-refractivity contribution >= 4 is 5.91 Å². The van der Waals surface area contributed by atoms with Crippen molar-refractivity contribution < 1.29 is 4.79 Å². The molecule has 0 fully saturated rings. The molecule has 1 N–H and O–H groups in total. The summed E-state index contributed by atoms with van der Waals surface area (Å²) in [7, 11) is 0. The maximum atomic E-state index is 13.0. The van der Waals surface area contributed by atoms with Crippen molar-refractivity contribution in [3.05, 3.63) is 83.6 Å². The van der Waals surface area contributed by atoms with Crippen LogP contribution in [0.3, 0.4) is 0 Å². The molecule has 0 heterocycles. The van der Waals surface area contributed by atoms with E-state index < -0.39 is 0 Å². The van der Waals surface area contributed by atoms with Crippen LogP contribution in [0.5, 0.6) is 0 Å². The van der Waals surface area contributed by atoms with Crippen LogP contribution in [0.25, 0.3) is 0 Å². The van der Waals surface area contributed by atoms with Gasteiger partial charge in [0.15, 0.2) is 0 Å². The molecular weight excluding hydrogens is 358 g/mol. The van der Waals surface area contributed by atoms with E-state index in [-0.39, 0.29) is 17.5 Å². The van der Waals surface area contributed by atoms with Crippen LogP contribution >= 0.6 is 0 Å². The topological polar surface area (TPSA) is 56.1 Å². The SMILES string of the molecule is CC(C)CN(/C=C(/C#N)C(=O)NC(c1ccccc1)c1ccccc1)CC(C)C. The molecule has 0 atom stereocenters. The lowest BCUT2D eigenvalue weighted by atomic mass is 9.98. The van der Waals surface area contributed by atoms with Crippen molar-refractivity contribution in [3.8, 4) is 6.07 Å². The molecule has 0 bridgehead atoms. The molecule has 0 aromatic heterocycles. The summed E-state index contributed by atoms with van der Waals surface area (Å²) in [4.78, 5) is 15.1. The third-order valence-electron chi connectivity index (χ3n) is 4.42. The molecule has 0 radical (unpaired) electrons. The number of nitrogens with one attached hydrogen (secondary N) is 1. The van der Waals surface area contributed by atoms with E-state index >= 15 is 0 Å². The Hall–Kier alpha value is -3.06. The van der Waals surface area contributed by atoms with Crippen LogP contribution in [-0.2, 0) is 4.79 Å². The molecule has 0 saturated heterocycles. The number of amides is 1. The van der Waals surface area contributed by atoms with Crippen LogP contribution in [0.1, 0.15) is 44.9 Å². The molecule has 0 spiro atoms. The smallest absolute Gasteiger partial charge is 0.264 e. The summed E-state index contributed by atoms with van der Waals surface area (Å²) < 4.78 is 0. The standard InChI is InChI=1S/C25H31N3O/c1-19(2)16-28(17-20(3)4)18-23(15-26)25(29)27-24(21-11-7-5-8-12-21)22-13-9-6-10-14-22/h5-14,18-20,24H,16-17H2,1-4H3,(H,27,29)/b23-18-. The number of benzene rings is 2. The third kappa shape index (κ3) is 7.12. The molecule has 0 aliphatic carbocycles. The lowest BCUT2D eigenvalue weighted by Gasteiger charge is -2.25. The molecule has 4 nitrogen and oxygen atoms in total. The second-order valence-electron chi connectivity index (χ2n) is 8.12. The zero-order valence-electron chi connectivity index (χ0n) is 17.8. The van der Waals surface area contributed by atoms with Crippen LogP contribution in [0.4, 0.5) is 0 Å². The zero-order valence-corrected chi connectivity index (χ0v) is 17.8. The molecule has 4 heteroatoms. The number of rotatable bonds is 9. The summed E-state index contributed by atoms with van der Waals surface area (Å²) in [5.74, 6) is 0.520. The molecule has 0 aliphatic heterocycles. The van der Waals surface area contributed by atoms with Gasteiger partial charge in [0.05, 0.1) is 6.04 Å². The van der Waals surface area contributed by atoms with Crippen molar-refractivity contribution in [2.24, 2.45) is 11.8 Å². The van der Waals surface area contributed by atoms with Gasteiger partial charge in [-0.1, -0.05) is 88.4 Å². The minimum absolute atomic E-state index is 0.128. The Morgan fingerprint density at radius 3 is 1.76 bits per heavy atom. The van der Waals surface area contributed by atoms with Crippen molar-refractivity contribution in [1.29, 1.82) is 5.26 Å². The molecular formula is C25H31N3O. The first-order chi connectivity index (χ1) is 13.9. The fourth-order valence-corrected chi connectivity index (χ4v) is 3.30. The predicted molar refractivity (Wildman–Crippen MR) is 118 cm³/mol. The van der Waals surface area contributed by atoms with Gasteiger partial charge in [-0.3, -0.25) is 4.79 Å². The van der Waals surface area contributed by atoms with Crippen LogP contribution in [0.15, 0.2) is 72.4 Å². The van der Waals surface area contributed by atoms with Gasteiger partial charge in [-0.2, -0.15) is 5.26 Å². The summed E-state index contributed by atoms with van der Waals surface area (Å²) in [5.41, 5.74) is 2.08. The van der Waals surface area contributed by atoms with Gasteiger partial charge in [0.2, 0.25) is 0 Å². The zero-order chi connectivity index (χ0) is 21.2. The van der Waals surface area contributed by atoms with E-state index in [4.69, 9.17) is 0 Å². The van der Waals surface area contributed by atoms with Crippen molar-refractivity contribution in [1.82, 2.24) is 10.2 Å². The van der Waals surface area contributed by atoms with Gasteiger partial charge in [0.1, 0.15) is 11.6 Å². The largest absolute Gasteiger partial charge is 0.376 e. The first kappa shape index (κ1) is 22.2. The second kappa shape index (κ2) is 11.1. The molecule has 0 saturated carbocycles. The first-order valence-corrected chi connectivity index (χ1v) is 10.2. The first-order valence-electron chi connectivity index (χ1n) is 10.2. The predicted octanol–water partition coefficient (Wildman–Crippen LogP) is 4.91. The molecule has 0 unspecified atom stereocenters. The second-order valence-corrected chi connectivity index (χ2v) is 8.12. The normalized spacial score (nSPS) is 11.6. The van der Waals surface area contributed by atoms with Gasteiger partial charge in [0.25, 0.3) is 5.91 Å². The average Bonchev–Trinajstić information content (AvgIpc) is 2.70. The molecule has 0 aliphatic rings. The number of nitrogens with zero attached hydrogens (tertiary/aromatic N) is 2. The molecule has 2 rings (SSSR count). The van der Waals surface area contributed by atoms with Crippen molar-refractivity contribution in [2.75, 3.05) is 13.1 Å². The number of hydrogen-bond acceptors (Lipinski definition) is 3. The molecule has 1 amide bonds. The highest BCUT2D eigenvalue weighted by molar-refractivity contribution is 5.97. The third-order valence-corrected chi connectivity index (χ3v) is 4.42. The summed E-state index contributed by atoms with van der Waals surface area (Å²) in [6.45, 7) is 10.1. The van der Waals surface area contributed by atoms with Gasteiger partial charge in [0, 0.05) is 19.3 Å². The average molecular weight is 390 g/mol. The Bertz CT molecular complexity index is 786. The monoisotopic (exact) mass is 389 g/mol. The maximum Gasteiger partial charge on any atom is 0.264 e. The van der Waals surface area contributed by atoms with Gasteiger partial charge in [-0.15, -0.1) is 0 Å². The molecule has 152 valence electrons. The Kier molecular flexibility index (Phi) is 8.48. The maximum absolute atomic E-state index is 13.0. The van der Waals surface area contributed by atoms with E-state index in [1.807, 2.05) is 60.7 Å². The van der Waals surface area contributed by atoms with Crippen molar-refractivity contribution in [3.63, 3.8) is 0 Å². The van der Waals surface area contributed by atoms with E-state index in [1.165, 1.54) is 0 Å². The Morgan fingerprint density at radius 1 is 0.931 bits per heavy atom. The number of hydrogen-bond donors (Lipinski definition) is 1. The lowest BCUT2D eigenvalue weighted by molar-refractivity contribution is -0.117. The Labute approximate surface area is 174 Å². The van der Waals surface area contributed by atoms with E-state index in [2.05, 4.69) is 44.0 Å². The minimum Gasteiger partial charge on any atom is -0.376 e. The summed E-state index contributed by atoms with van der Waals surface area (Å²) in [6, 6.07) is 21.4. The fraction of sp³-hybridized carbons (Fsp3) is 0.360. The van der Waals surface area contributed by atoms with Gasteiger partial charge >= 0.3 is 0 Å². The summed E-state index contributed by atoms with van der Waals surface area (Å²) >= 11 is 0. The summed E-state index contributed by atoms with van der Waals surface area (Å²) in [5, 5.41) is 12.7. The van der Waals surface area contributed by atoms with E-state index in [9.17, 15) is 10.1 Å². The number of nitriles is 1. The Balaban J connectivity index is 2.29. The van der Waals surface area contributed by atoms with Crippen LogP contribution in [0, 0.1) is 23.2 Å². The summed E-state index contributed by atoms with van der Waals surface area (Å²) in [6.07, 6.45) is 1.71. The minimum atomic E-state index is -0.359. The molecule has 2 aromatic carbocycles. The fourth-order valence-electron chi connectivity index (χ4n) is 3.30. The number of carbonyl (C=O) groups excluding carboxylic acids is 1. The van der Waals surface area contributed by atoms with E-state index in [0.29, 0.717) is 11.8 Å². The highest BCUT2D eigenvalue weighted by atomic mass is 16.1. The van der Waals surface area contributed by atoms with Gasteiger partial charge in [-0.05, 0) is 23.0 Å². The van der Waals surface area contributed by atoms with Gasteiger partial charge < -0.3 is 10.2 Å². The highest BCUT2D eigenvalue weighted by Gasteiger charge is 2.20. The van der Waals surface area contributed by atoms with E-state index in [0.717, 1.165) is 24.2 Å². The molecule has 29 heavy (non-hydrogen) atoms. The quantitative estimate of drug-likeness (QED) is 0.489.